The van der Waals surface area contributed by atoms with Gasteiger partial charge in [0.15, 0.2) is 17.8 Å². The number of hydrogen-bond acceptors (Lipinski definition) is 11. The van der Waals surface area contributed by atoms with E-state index in [-0.39, 0.29) is 119 Å². The maximum absolute atomic E-state index is 16.7. The van der Waals surface area contributed by atoms with Gasteiger partial charge in [-0.05, 0) is 252 Å². The van der Waals surface area contributed by atoms with Crippen molar-refractivity contribution in [2.75, 3.05) is 26.9 Å². The van der Waals surface area contributed by atoms with Crippen LogP contribution in [0.3, 0.4) is 0 Å². The van der Waals surface area contributed by atoms with Crippen molar-refractivity contribution in [1.29, 1.82) is 0 Å². The molecule has 4 fully saturated rings. The molecule has 102 heavy (non-hydrogen) atoms. The molecular weight excluding hydrogens is 1270 g/mol. The van der Waals surface area contributed by atoms with Crippen molar-refractivity contribution in [2.24, 2.45) is 41.4 Å². The molecule has 17 aliphatic rings. The minimum Gasteiger partial charge on any atom is -0.483 e. The van der Waals surface area contributed by atoms with E-state index in [1.54, 1.807) is 0 Å². The van der Waals surface area contributed by atoms with E-state index in [1.165, 1.54) is 92.3 Å². The number of allylic oxidation sites excluding steroid dienone is 4. The van der Waals surface area contributed by atoms with Crippen molar-refractivity contribution in [3.8, 4) is 5.75 Å². The second-order valence-electron chi connectivity index (χ2n) is 33.3. The van der Waals surface area contributed by atoms with E-state index in [4.69, 9.17) is 23.4 Å². The molecule has 524 valence electrons. The van der Waals surface area contributed by atoms with Gasteiger partial charge in [0.25, 0.3) is 0 Å². The van der Waals surface area contributed by atoms with Crippen LogP contribution in [0.2, 0.25) is 0 Å². The summed E-state index contributed by atoms with van der Waals surface area (Å²) < 4.78 is 35.1. The fourth-order valence-electron chi connectivity index (χ4n) is 24.5. The van der Waals surface area contributed by atoms with Crippen LogP contribution in [-0.2, 0) is 54.1 Å². The number of hydrogen-bond donors (Lipinski definition) is 3. The smallest absolute Gasteiger partial charge is 0.340 e. The van der Waals surface area contributed by atoms with Gasteiger partial charge in [0.1, 0.15) is 11.3 Å². The SMILES string of the molecule is COCC(CCO)c1c(CO)c2ccc3c(c2oc1=O)C1OC(=O)CC2CC4C=CC2c2ccc5c(c2)C2CC6C7C=Cc8ccccc8C7CC6C(C)(O3)C1OC(=O)C(=C(C)CO)CC5C(C2)C1(CCCC1)c1ccc(cc1)Cc1ccc2c(c1)C13c5cccc4c5CCC1CCCC3C=C2. The maximum Gasteiger partial charge on any atom is 0.340 e. The summed E-state index contributed by atoms with van der Waals surface area (Å²) >= 11 is 0. The first-order chi connectivity index (χ1) is 49.8. The van der Waals surface area contributed by atoms with Crippen molar-refractivity contribution >= 4 is 35.1 Å². The Kier molecular flexibility index (Phi) is 15.8. The van der Waals surface area contributed by atoms with Crippen molar-refractivity contribution in [1.82, 2.24) is 0 Å². The largest absolute Gasteiger partial charge is 0.483 e. The summed E-state index contributed by atoms with van der Waals surface area (Å²) in [7, 11) is 1.54. The molecule has 0 radical (unpaired) electrons. The molecular formula is C91H94O11. The van der Waals surface area contributed by atoms with Crippen LogP contribution in [0.4, 0.5) is 0 Å². The lowest BCUT2D eigenvalue weighted by Crippen LogP contribution is -2.59. The van der Waals surface area contributed by atoms with Gasteiger partial charge in [-0.15, -0.1) is 0 Å². The van der Waals surface area contributed by atoms with Crippen LogP contribution in [0.1, 0.15) is 241 Å². The van der Waals surface area contributed by atoms with Crippen LogP contribution in [0.25, 0.3) is 23.1 Å². The molecule has 4 aliphatic heterocycles. The highest BCUT2D eigenvalue weighted by molar-refractivity contribution is 5.91. The predicted octanol–water partition coefficient (Wildman–Crippen LogP) is 17.0. The van der Waals surface area contributed by atoms with E-state index in [0.29, 0.717) is 58.9 Å². The lowest BCUT2D eigenvalue weighted by atomic mass is 9.48. The minimum atomic E-state index is -1.40. The maximum atomic E-state index is 16.7. The number of carbonyl (C=O) groups is 2. The third kappa shape index (κ3) is 9.73. The average Bonchev–Trinajstić information content (AvgIpc) is 0.846. The molecule has 24 rings (SSSR count). The second kappa shape index (κ2) is 24.9. The molecule has 20 bridgehead atoms. The molecule has 17 atom stereocenters. The summed E-state index contributed by atoms with van der Waals surface area (Å²) in [5.41, 5.74) is 16.5. The second-order valence-corrected chi connectivity index (χ2v) is 33.3. The van der Waals surface area contributed by atoms with Crippen molar-refractivity contribution < 1.29 is 48.3 Å². The fourth-order valence-corrected chi connectivity index (χ4v) is 24.5. The summed E-state index contributed by atoms with van der Waals surface area (Å²) in [6.45, 7) is 2.86. The number of methoxy groups -OCH3 is 1. The zero-order valence-electron chi connectivity index (χ0n) is 59.1. The third-order valence-corrected chi connectivity index (χ3v) is 28.9. The van der Waals surface area contributed by atoms with Gasteiger partial charge in [0, 0.05) is 65.7 Å². The Bertz CT molecular complexity index is 4760. The molecule has 6 aromatic carbocycles. The number of ether oxygens (including phenoxy) is 4. The summed E-state index contributed by atoms with van der Waals surface area (Å²) in [4.78, 5) is 48.3. The summed E-state index contributed by atoms with van der Waals surface area (Å²) in [5, 5.41) is 34.0. The highest BCUT2D eigenvalue weighted by Crippen LogP contribution is 2.67. The third-order valence-electron chi connectivity index (χ3n) is 28.9. The average molecular weight is 1360 g/mol. The molecule has 2 spiro atoms. The highest BCUT2D eigenvalue weighted by Gasteiger charge is 2.64. The first kappa shape index (κ1) is 64.9. The first-order valence-electron chi connectivity index (χ1n) is 38.7. The van der Waals surface area contributed by atoms with E-state index in [1.807, 2.05) is 19.1 Å². The number of benzene rings is 6. The Morgan fingerprint density at radius 1 is 0.716 bits per heavy atom. The van der Waals surface area contributed by atoms with E-state index in [0.717, 1.165) is 64.2 Å². The standard InChI is InChI=1S/C91H94O11/c1-50(47-93)70-45-74-66-30-23-56-41-71(66)59-42-73-67-29-21-53-10-4-5-13-64(53)72(67)46-78(73)89(2)86(101-87(70)96)85(83-80(102-89)33-32-69-75(48-94)82(88(97)100-84(69)83)57(34-37-92)49-98-3)99-81(95)44-58-40-55(22-28-63(56)58)65-14-9-15-76-68(65)31-27-62-12-8-11-61-26-20-54-19-16-52(39-77(54)91(61,62)76)38-51-17-24-60(25-18-51)90(79(74)43-59)35-6-7-36-90/h4-5,9-10,13-26,28-30,32-33,39,41,55,57-59,61-63,67,72-74,78-79,85-86,92-94H,6-8,11-12,27,31,34-38,40,42-49H2,1-3H3. The molecule has 17 unspecified atom stereocenters. The Morgan fingerprint density at radius 2 is 1.55 bits per heavy atom. The van der Waals surface area contributed by atoms with E-state index >= 15 is 14.4 Å². The lowest BCUT2D eigenvalue weighted by molar-refractivity contribution is -0.202. The number of carbonyl (C=O) groups excluding carboxylic acids is 2. The Morgan fingerprint density at radius 3 is 2.38 bits per heavy atom. The van der Waals surface area contributed by atoms with Crippen LogP contribution in [-0.4, -0.2) is 65.9 Å². The van der Waals surface area contributed by atoms with Crippen molar-refractivity contribution in [3.63, 3.8) is 0 Å². The van der Waals surface area contributed by atoms with E-state index in [2.05, 4.69) is 147 Å². The van der Waals surface area contributed by atoms with E-state index < -0.39 is 47.9 Å². The molecule has 5 heterocycles. The van der Waals surface area contributed by atoms with Crippen LogP contribution in [0, 0.1) is 41.4 Å². The molecule has 1 aromatic heterocycles. The minimum absolute atomic E-state index is 0.0111. The molecule has 0 amide bonds. The van der Waals surface area contributed by atoms with E-state index in [9.17, 15) is 15.3 Å². The molecule has 11 nitrogen and oxygen atoms in total. The summed E-state index contributed by atoms with van der Waals surface area (Å²) in [6.07, 6.45) is 26.3. The van der Waals surface area contributed by atoms with Crippen molar-refractivity contribution in [3.05, 3.63) is 250 Å². The molecule has 3 N–H and O–H groups in total. The van der Waals surface area contributed by atoms with Gasteiger partial charge >= 0.3 is 17.6 Å². The topological polar surface area (TPSA) is 162 Å². The zero-order chi connectivity index (χ0) is 69.1. The van der Waals surface area contributed by atoms with Crippen molar-refractivity contribution in [2.45, 2.75) is 194 Å². The van der Waals surface area contributed by atoms with Gasteiger partial charge in [0.05, 0.1) is 25.4 Å². The number of fused-ring (bicyclic) bond motifs is 10. The fraction of sp³-hybridized carbons (Fsp3) is 0.462. The molecule has 3 saturated carbocycles. The molecule has 1 saturated heterocycles. The first-order valence-corrected chi connectivity index (χ1v) is 38.7. The predicted molar refractivity (Wildman–Crippen MR) is 393 cm³/mol. The number of aliphatic hydroxyl groups is 3. The van der Waals surface area contributed by atoms with Gasteiger partial charge in [-0.25, -0.2) is 9.59 Å². The normalized spacial score (nSPS) is 33.0. The van der Waals surface area contributed by atoms with Crippen LogP contribution >= 0.6 is 0 Å². The highest BCUT2D eigenvalue weighted by atomic mass is 16.6. The van der Waals surface area contributed by atoms with Gasteiger partial charge in [-0.3, -0.25) is 4.79 Å². The monoisotopic (exact) mass is 1360 g/mol. The number of aliphatic hydroxyl groups excluding tert-OH is 3. The van der Waals surface area contributed by atoms with Gasteiger partial charge < -0.3 is 38.7 Å². The lowest BCUT2D eigenvalue weighted by Gasteiger charge is -2.55. The van der Waals surface area contributed by atoms with Crippen LogP contribution < -0.4 is 10.4 Å². The Labute approximate surface area is 598 Å². The molecule has 7 aromatic rings. The Balaban J connectivity index is 0.882. The number of rotatable bonds is 7. The van der Waals surface area contributed by atoms with Gasteiger partial charge in [-0.1, -0.05) is 159 Å². The summed E-state index contributed by atoms with van der Waals surface area (Å²) in [5.74, 6) is -1.18. The Hall–Kier alpha value is -7.93. The number of esters is 2. The molecule has 11 heteroatoms. The van der Waals surface area contributed by atoms with Gasteiger partial charge in [-0.2, -0.15) is 0 Å². The van der Waals surface area contributed by atoms with Gasteiger partial charge in [0.2, 0.25) is 0 Å². The summed E-state index contributed by atoms with van der Waals surface area (Å²) in [6, 6.07) is 44.3. The van der Waals surface area contributed by atoms with Crippen LogP contribution in [0.15, 0.2) is 160 Å². The quantitative estimate of drug-likeness (QED) is 0.0603. The van der Waals surface area contributed by atoms with Crippen LogP contribution in [0.5, 0.6) is 5.75 Å². The zero-order valence-corrected chi connectivity index (χ0v) is 59.1. The molecule has 13 aliphatic carbocycles.